The van der Waals surface area contributed by atoms with Crippen LogP contribution in [0.5, 0.6) is 0 Å². The lowest BCUT2D eigenvalue weighted by Gasteiger charge is -2.27. The molecule has 5 N–H and O–H groups in total. The summed E-state index contributed by atoms with van der Waals surface area (Å²) < 4.78 is 0. The molecule has 1 aliphatic rings. The Morgan fingerprint density at radius 1 is 1.38 bits per heavy atom. The topological polar surface area (TPSA) is 108 Å². The van der Waals surface area contributed by atoms with Crippen molar-refractivity contribution < 1.29 is 9.90 Å². The number of carboxylic acids is 1. The lowest BCUT2D eigenvalue weighted by molar-refractivity contribution is -0.144. The number of carbonyl (C=O) groups is 1. The van der Waals surface area contributed by atoms with Crippen LogP contribution in [-0.2, 0) is 4.79 Å². The van der Waals surface area contributed by atoms with Crippen molar-refractivity contribution in [3.8, 4) is 0 Å². The van der Waals surface area contributed by atoms with Gasteiger partial charge in [-0.15, -0.1) is 12.4 Å². The molecule has 0 bridgehead atoms. The minimum atomic E-state index is -1.53. The predicted molar refractivity (Wildman–Crippen MR) is 81.7 cm³/mol. The zero-order valence-electron chi connectivity index (χ0n) is 11.1. The molecule has 0 radical (unpaired) electrons. The van der Waals surface area contributed by atoms with Gasteiger partial charge >= 0.3 is 5.97 Å². The highest BCUT2D eigenvalue weighted by Gasteiger charge is 2.47. The summed E-state index contributed by atoms with van der Waals surface area (Å²) >= 11 is 0. The number of H-pyrrole nitrogens is 1. The Morgan fingerprint density at radius 3 is 2.81 bits per heavy atom. The molecule has 1 aliphatic heterocycles. The van der Waals surface area contributed by atoms with Crippen molar-refractivity contribution in [3.05, 3.63) is 46.2 Å². The van der Waals surface area contributed by atoms with Crippen LogP contribution >= 0.6 is 12.4 Å². The Kier molecular flexibility index (Phi) is 4.04. The van der Waals surface area contributed by atoms with Crippen molar-refractivity contribution in [2.24, 2.45) is 5.73 Å². The van der Waals surface area contributed by atoms with Crippen LogP contribution in [0.3, 0.4) is 0 Å². The molecule has 1 unspecified atom stereocenters. The van der Waals surface area contributed by atoms with E-state index in [-0.39, 0.29) is 18.0 Å². The molecular formula is C14H16ClN3O3. The molecule has 2 heterocycles. The van der Waals surface area contributed by atoms with Gasteiger partial charge < -0.3 is 15.8 Å². The maximum absolute atomic E-state index is 11.8. The number of nitrogens with two attached hydrogens (primary N) is 1. The Hall–Kier alpha value is -1.89. The van der Waals surface area contributed by atoms with E-state index in [1.54, 1.807) is 6.07 Å². The van der Waals surface area contributed by atoms with E-state index in [1.165, 1.54) is 6.07 Å². The van der Waals surface area contributed by atoms with Crippen LogP contribution < -0.4 is 16.6 Å². The second kappa shape index (κ2) is 5.48. The molecule has 2 atom stereocenters. The van der Waals surface area contributed by atoms with Gasteiger partial charge in [0.2, 0.25) is 5.56 Å². The molecule has 6 nitrogen and oxygen atoms in total. The SMILES string of the molecule is Cl.N[C@]1(C(=O)O)NCCC1c1cc(=O)[nH]c2ccccc12. The zero-order chi connectivity index (χ0) is 14.3. The summed E-state index contributed by atoms with van der Waals surface area (Å²) in [5.74, 6) is -1.54. The largest absolute Gasteiger partial charge is 0.479 e. The lowest BCUT2D eigenvalue weighted by Crippen LogP contribution is -2.59. The van der Waals surface area contributed by atoms with Crippen LogP contribution in [0, 0.1) is 0 Å². The van der Waals surface area contributed by atoms with Crippen molar-refractivity contribution in [1.29, 1.82) is 0 Å². The van der Waals surface area contributed by atoms with Gasteiger partial charge in [-0.25, -0.2) is 4.79 Å². The summed E-state index contributed by atoms with van der Waals surface area (Å²) in [7, 11) is 0. The van der Waals surface area contributed by atoms with E-state index in [4.69, 9.17) is 5.73 Å². The standard InChI is InChI=1S/C14H15N3O3.ClH/c15-14(13(19)20)10(5-6-16-14)9-7-12(18)17-11-4-2-1-3-8(9)11;/h1-4,7,10,16H,5-6,15H2,(H,17,18)(H,19,20);1H/t10?,14-;/m0./s1. The van der Waals surface area contributed by atoms with E-state index in [0.717, 1.165) is 5.39 Å². The third kappa shape index (κ3) is 2.42. The van der Waals surface area contributed by atoms with Crippen molar-refractivity contribution in [1.82, 2.24) is 10.3 Å². The average molecular weight is 310 g/mol. The summed E-state index contributed by atoms with van der Waals surface area (Å²) in [5, 5.41) is 13.0. The van der Waals surface area contributed by atoms with Gasteiger partial charge in [0.05, 0.1) is 0 Å². The van der Waals surface area contributed by atoms with Crippen LogP contribution in [0.25, 0.3) is 10.9 Å². The molecule has 0 saturated carbocycles. The third-order valence-corrected chi connectivity index (χ3v) is 3.91. The molecule has 3 rings (SSSR count). The molecule has 7 heteroatoms. The normalized spacial score (nSPS) is 24.7. The first-order valence-electron chi connectivity index (χ1n) is 6.41. The van der Waals surface area contributed by atoms with Crippen LogP contribution in [0.2, 0.25) is 0 Å². The van der Waals surface area contributed by atoms with Crippen LogP contribution in [0.1, 0.15) is 17.9 Å². The fraction of sp³-hybridized carbons (Fsp3) is 0.286. The molecule has 21 heavy (non-hydrogen) atoms. The first kappa shape index (κ1) is 15.5. The van der Waals surface area contributed by atoms with Crippen molar-refractivity contribution in [2.45, 2.75) is 18.0 Å². The molecule has 1 aromatic heterocycles. The molecule has 1 saturated heterocycles. The summed E-state index contributed by atoms with van der Waals surface area (Å²) in [6.07, 6.45) is 0.580. The van der Waals surface area contributed by atoms with Crippen molar-refractivity contribution in [3.63, 3.8) is 0 Å². The van der Waals surface area contributed by atoms with Crippen molar-refractivity contribution in [2.75, 3.05) is 6.54 Å². The Balaban J connectivity index is 0.00000161. The number of fused-ring (bicyclic) bond motifs is 1. The Morgan fingerprint density at radius 2 is 2.10 bits per heavy atom. The highest BCUT2D eigenvalue weighted by atomic mass is 35.5. The predicted octanol–water partition coefficient (Wildman–Crippen LogP) is 0.766. The van der Waals surface area contributed by atoms with Crippen LogP contribution in [-0.4, -0.2) is 28.3 Å². The molecule has 1 aromatic carbocycles. The average Bonchev–Trinajstić information content (AvgIpc) is 2.81. The highest BCUT2D eigenvalue weighted by Crippen LogP contribution is 2.35. The number of aromatic amines is 1. The summed E-state index contributed by atoms with van der Waals surface area (Å²) in [6.45, 7) is 0.509. The Labute approximate surface area is 126 Å². The van der Waals surface area contributed by atoms with E-state index >= 15 is 0 Å². The summed E-state index contributed by atoms with van der Waals surface area (Å²) in [5.41, 5.74) is 5.58. The van der Waals surface area contributed by atoms with Crippen LogP contribution in [0.4, 0.5) is 0 Å². The molecule has 2 aromatic rings. The number of para-hydroxylation sites is 1. The first-order valence-corrected chi connectivity index (χ1v) is 6.41. The fourth-order valence-corrected chi connectivity index (χ4v) is 2.92. The number of pyridine rings is 1. The molecule has 0 spiro atoms. The van der Waals surface area contributed by atoms with Gasteiger partial charge in [-0.05, 0) is 24.6 Å². The number of rotatable bonds is 2. The molecule has 1 fully saturated rings. The van der Waals surface area contributed by atoms with Gasteiger partial charge in [-0.1, -0.05) is 18.2 Å². The quantitative estimate of drug-likeness (QED) is 0.655. The number of aromatic nitrogens is 1. The van der Waals surface area contributed by atoms with E-state index in [2.05, 4.69) is 10.3 Å². The number of nitrogens with one attached hydrogen (secondary N) is 2. The summed E-state index contributed by atoms with van der Waals surface area (Å²) in [4.78, 5) is 26.0. The van der Waals surface area contributed by atoms with Gasteiger partial charge in [0.15, 0.2) is 5.66 Å². The molecule has 0 amide bonds. The van der Waals surface area contributed by atoms with Gasteiger partial charge in [0, 0.05) is 22.9 Å². The number of hydrogen-bond acceptors (Lipinski definition) is 4. The van der Waals surface area contributed by atoms with Gasteiger partial charge in [0.1, 0.15) is 0 Å². The van der Waals surface area contributed by atoms with Gasteiger partial charge in [-0.2, -0.15) is 0 Å². The second-order valence-electron chi connectivity index (χ2n) is 5.08. The van der Waals surface area contributed by atoms with E-state index in [9.17, 15) is 14.7 Å². The smallest absolute Gasteiger partial charge is 0.339 e. The number of aliphatic carboxylic acids is 1. The minimum Gasteiger partial charge on any atom is -0.479 e. The fourth-order valence-electron chi connectivity index (χ4n) is 2.92. The highest BCUT2D eigenvalue weighted by molar-refractivity contribution is 5.86. The first-order chi connectivity index (χ1) is 9.52. The van der Waals surface area contributed by atoms with Gasteiger partial charge in [-0.3, -0.25) is 10.1 Å². The molecule has 112 valence electrons. The molecular weight excluding hydrogens is 294 g/mol. The Bertz CT molecular complexity index is 746. The number of hydrogen-bond donors (Lipinski definition) is 4. The maximum Gasteiger partial charge on any atom is 0.339 e. The lowest BCUT2D eigenvalue weighted by atomic mass is 9.85. The van der Waals surface area contributed by atoms with Crippen molar-refractivity contribution >= 4 is 29.3 Å². The minimum absolute atomic E-state index is 0. The third-order valence-electron chi connectivity index (χ3n) is 3.91. The maximum atomic E-state index is 11.8. The van der Waals surface area contributed by atoms with E-state index in [0.29, 0.717) is 24.0 Å². The number of benzene rings is 1. The monoisotopic (exact) mass is 309 g/mol. The van der Waals surface area contributed by atoms with Gasteiger partial charge in [0.25, 0.3) is 0 Å². The van der Waals surface area contributed by atoms with E-state index in [1.807, 2.05) is 18.2 Å². The molecule has 0 aliphatic carbocycles. The number of halogens is 1. The van der Waals surface area contributed by atoms with E-state index < -0.39 is 17.6 Å². The number of carboxylic acid groups (broad SMARTS) is 1. The second-order valence-corrected chi connectivity index (χ2v) is 5.08. The summed E-state index contributed by atoms with van der Waals surface area (Å²) in [6, 6.07) is 8.78. The zero-order valence-corrected chi connectivity index (χ0v) is 11.9. The van der Waals surface area contributed by atoms with Crippen LogP contribution in [0.15, 0.2) is 35.1 Å².